The zero-order valence-corrected chi connectivity index (χ0v) is 19.1. The van der Waals surface area contributed by atoms with Crippen molar-refractivity contribution in [3.8, 4) is 0 Å². The summed E-state index contributed by atoms with van der Waals surface area (Å²) in [6.45, 7) is 0. The molecule has 0 radical (unpaired) electrons. The maximum absolute atomic E-state index is 13.1. The molecule has 0 atom stereocenters. The summed E-state index contributed by atoms with van der Waals surface area (Å²) in [6, 6.07) is 10.9. The predicted octanol–water partition coefficient (Wildman–Crippen LogP) is 2.26. The number of sulfonamides is 1. The monoisotopic (exact) mass is 473 g/mol. The van der Waals surface area contributed by atoms with Gasteiger partial charge >= 0.3 is 0 Å². The summed E-state index contributed by atoms with van der Waals surface area (Å²) in [6.07, 6.45) is 6.31. The maximum Gasteiger partial charge on any atom is 0.244 e. The zero-order valence-electron chi connectivity index (χ0n) is 17.4. The molecule has 0 spiro atoms. The second-order valence-electron chi connectivity index (χ2n) is 8.21. The summed E-state index contributed by atoms with van der Waals surface area (Å²) < 4.78 is 55.4. The van der Waals surface area contributed by atoms with Gasteiger partial charge in [0.15, 0.2) is 5.65 Å². The third-order valence-corrected chi connectivity index (χ3v) is 9.20. The first-order valence-corrected chi connectivity index (χ1v) is 13.5. The summed E-state index contributed by atoms with van der Waals surface area (Å²) in [5.74, 6) is 0.0708. The molecule has 0 aliphatic heterocycles. The van der Waals surface area contributed by atoms with Gasteiger partial charge in [0, 0.05) is 17.6 Å². The van der Waals surface area contributed by atoms with Crippen molar-refractivity contribution in [2.24, 2.45) is 5.92 Å². The van der Waals surface area contributed by atoms with Crippen LogP contribution in [-0.2, 0) is 25.8 Å². The molecular formula is C21H23N5O4S2. The Morgan fingerprint density at radius 1 is 1.06 bits per heavy atom. The molecule has 1 aromatic carbocycles. The Morgan fingerprint density at radius 3 is 2.53 bits per heavy atom. The van der Waals surface area contributed by atoms with E-state index in [1.54, 1.807) is 30.7 Å². The second-order valence-corrected chi connectivity index (χ2v) is 12.0. The van der Waals surface area contributed by atoms with E-state index in [4.69, 9.17) is 0 Å². The number of hydrogen-bond acceptors (Lipinski definition) is 6. The van der Waals surface area contributed by atoms with E-state index in [0.717, 1.165) is 18.4 Å². The molecule has 0 unspecified atom stereocenters. The Hall–Kier alpha value is -2.76. The van der Waals surface area contributed by atoms with Crippen molar-refractivity contribution in [2.75, 3.05) is 12.8 Å². The number of nitrogens with zero attached hydrogens (tertiary/aromatic N) is 4. The van der Waals surface area contributed by atoms with Gasteiger partial charge in [-0.1, -0.05) is 30.3 Å². The highest BCUT2D eigenvalue weighted by Crippen LogP contribution is 2.41. The Balaban J connectivity index is 1.48. The SMILES string of the molecule is CNS(=O)(=O)CC1CC(n2cnc3cnc4c(ccn4S(=O)(=O)Cc4ccccc4)c32)C1. The molecular weight excluding hydrogens is 450 g/mol. The number of aromatic nitrogens is 4. The Kier molecular flexibility index (Phi) is 5.06. The van der Waals surface area contributed by atoms with E-state index in [2.05, 4.69) is 14.7 Å². The Labute approximate surface area is 186 Å². The third-order valence-electron chi connectivity index (χ3n) is 6.07. The summed E-state index contributed by atoms with van der Waals surface area (Å²) >= 11 is 0. The van der Waals surface area contributed by atoms with Crippen LogP contribution in [0.3, 0.4) is 0 Å². The van der Waals surface area contributed by atoms with Gasteiger partial charge in [0.05, 0.1) is 29.5 Å². The van der Waals surface area contributed by atoms with Gasteiger partial charge in [0.25, 0.3) is 0 Å². The smallest absolute Gasteiger partial charge is 0.244 e. The van der Waals surface area contributed by atoms with E-state index < -0.39 is 20.0 Å². The second kappa shape index (κ2) is 7.68. The summed E-state index contributed by atoms with van der Waals surface area (Å²) in [5.41, 5.74) is 2.58. The van der Waals surface area contributed by atoms with Crippen LogP contribution < -0.4 is 4.72 Å². The highest BCUT2D eigenvalue weighted by atomic mass is 32.2. The highest BCUT2D eigenvalue weighted by molar-refractivity contribution is 7.89. The molecule has 0 amide bonds. The number of nitrogens with one attached hydrogen (secondary N) is 1. The van der Waals surface area contributed by atoms with Gasteiger partial charge in [-0.15, -0.1) is 0 Å². The van der Waals surface area contributed by atoms with E-state index in [1.165, 1.54) is 17.2 Å². The molecule has 11 heteroatoms. The first-order chi connectivity index (χ1) is 15.3. The van der Waals surface area contributed by atoms with Crippen molar-refractivity contribution >= 4 is 42.1 Å². The largest absolute Gasteiger partial charge is 0.327 e. The quantitative estimate of drug-likeness (QED) is 0.440. The Morgan fingerprint density at radius 2 is 1.81 bits per heavy atom. The van der Waals surface area contributed by atoms with E-state index in [9.17, 15) is 16.8 Å². The van der Waals surface area contributed by atoms with Gasteiger partial charge in [-0.3, -0.25) is 0 Å². The predicted molar refractivity (Wildman–Crippen MR) is 122 cm³/mol. The fraction of sp³-hybridized carbons (Fsp3) is 0.333. The van der Waals surface area contributed by atoms with Crippen LogP contribution in [0.15, 0.2) is 55.1 Å². The summed E-state index contributed by atoms with van der Waals surface area (Å²) in [7, 11) is -5.47. The minimum Gasteiger partial charge on any atom is -0.327 e. The van der Waals surface area contributed by atoms with Crippen LogP contribution >= 0.6 is 0 Å². The van der Waals surface area contributed by atoms with Crippen LogP contribution in [0.1, 0.15) is 24.4 Å². The lowest BCUT2D eigenvalue weighted by Gasteiger charge is -2.36. The van der Waals surface area contributed by atoms with Crippen LogP contribution in [0.4, 0.5) is 0 Å². The van der Waals surface area contributed by atoms with Gasteiger partial charge in [-0.05, 0) is 37.4 Å². The minimum atomic E-state index is -3.65. The van der Waals surface area contributed by atoms with Crippen molar-refractivity contribution in [3.05, 3.63) is 60.7 Å². The van der Waals surface area contributed by atoms with Crippen molar-refractivity contribution in [3.63, 3.8) is 0 Å². The normalized spacial score (nSPS) is 19.4. The minimum absolute atomic E-state index is 0.0862. The average Bonchev–Trinajstić information content (AvgIpc) is 3.35. The van der Waals surface area contributed by atoms with Crippen molar-refractivity contribution in [2.45, 2.75) is 24.6 Å². The maximum atomic E-state index is 13.1. The van der Waals surface area contributed by atoms with Crippen molar-refractivity contribution in [1.82, 2.24) is 23.2 Å². The molecule has 32 heavy (non-hydrogen) atoms. The molecule has 1 aliphatic rings. The molecule has 168 valence electrons. The zero-order chi connectivity index (χ0) is 22.5. The average molecular weight is 474 g/mol. The number of rotatable bonds is 7. The van der Waals surface area contributed by atoms with Gasteiger partial charge < -0.3 is 4.57 Å². The van der Waals surface area contributed by atoms with Gasteiger partial charge in [-0.25, -0.2) is 35.5 Å². The molecule has 3 aromatic heterocycles. The number of benzene rings is 1. The highest BCUT2D eigenvalue weighted by Gasteiger charge is 2.34. The molecule has 0 bridgehead atoms. The first kappa shape index (κ1) is 21.1. The topological polar surface area (TPSA) is 116 Å². The number of fused-ring (bicyclic) bond motifs is 3. The van der Waals surface area contributed by atoms with Crippen molar-refractivity contribution in [1.29, 1.82) is 0 Å². The first-order valence-electron chi connectivity index (χ1n) is 10.3. The van der Waals surface area contributed by atoms with E-state index >= 15 is 0 Å². The van der Waals surface area contributed by atoms with Crippen molar-refractivity contribution < 1.29 is 16.8 Å². The van der Waals surface area contributed by atoms with Crippen LogP contribution in [0, 0.1) is 5.92 Å². The molecule has 3 heterocycles. The molecule has 1 fully saturated rings. The van der Waals surface area contributed by atoms with Crippen LogP contribution in [-0.4, -0.2) is 48.1 Å². The van der Waals surface area contributed by atoms with Gasteiger partial charge in [0.1, 0.15) is 5.52 Å². The lowest BCUT2D eigenvalue weighted by atomic mass is 9.81. The molecule has 0 saturated heterocycles. The van der Waals surface area contributed by atoms with Gasteiger partial charge in [-0.2, -0.15) is 0 Å². The Bertz CT molecular complexity index is 1500. The van der Waals surface area contributed by atoms with E-state index in [-0.39, 0.29) is 23.5 Å². The number of pyridine rings is 1. The lowest BCUT2D eigenvalue weighted by molar-refractivity contribution is 0.222. The third kappa shape index (κ3) is 3.70. The summed E-state index contributed by atoms with van der Waals surface area (Å²) in [4.78, 5) is 8.83. The van der Waals surface area contributed by atoms with E-state index in [1.807, 2.05) is 22.8 Å². The molecule has 5 rings (SSSR count). The van der Waals surface area contributed by atoms with E-state index in [0.29, 0.717) is 22.1 Å². The van der Waals surface area contributed by atoms with Crippen LogP contribution in [0.5, 0.6) is 0 Å². The van der Waals surface area contributed by atoms with Crippen LogP contribution in [0.25, 0.3) is 22.1 Å². The van der Waals surface area contributed by atoms with Crippen LogP contribution in [0.2, 0.25) is 0 Å². The van der Waals surface area contributed by atoms with Gasteiger partial charge in [0.2, 0.25) is 20.0 Å². The number of imidazole rings is 1. The molecule has 9 nitrogen and oxygen atoms in total. The summed E-state index contributed by atoms with van der Waals surface area (Å²) in [5, 5.41) is 0.711. The molecule has 1 N–H and O–H groups in total. The number of hydrogen-bond donors (Lipinski definition) is 1. The fourth-order valence-electron chi connectivity index (χ4n) is 4.40. The lowest BCUT2D eigenvalue weighted by Crippen LogP contribution is -2.35. The molecule has 1 aliphatic carbocycles. The standard InChI is InChI=1S/C21H23N5O4S2/c1-22-31(27,28)12-16-9-17(10-16)25-14-24-19-11-23-21-18(20(19)25)7-8-26(21)32(29,30)13-15-5-3-2-4-6-15/h2-8,11,14,16-17,22H,9-10,12-13H2,1H3. The molecule has 4 aromatic rings. The molecule has 1 saturated carbocycles. The fourth-order valence-corrected chi connectivity index (χ4v) is 6.87.